The van der Waals surface area contributed by atoms with Gasteiger partial charge in [0.25, 0.3) is 0 Å². The number of phenolic OH excluding ortho intramolecular Hbond substituents is 1. The van der Waals surface area contributed by atoms with Crippen molar-refractivity contribution in [2.24, 2.45) is 5.92 Å². The molecule has 0 saturated carbocycles. The molecule has 1 unspecified atom stereocenters. The first kappa shape index (κ1) is 24.4. The van der Waals surface area contributed by atoms with Crippen molar-refractivity contribution in [3.63, 3.8) is 0 Å². The minimum absolute atomic E-state index is 0.247. The van der Waals surface area contributed by atoms with E-state index in [-0.39, 0.29) is 5.75 Å². The van der Waals surface area contributed by atoms with Gasteiger partial charge in [0, 0.05) is 6.07 Å². The van der Waals surface area contributed by atoms with Gasteiger partial charge in [-0.25, -0.2) is 9.37 Å². The second-order valence-corrected chi connectivity index (χ2v) is 7.10. The lowest BCUT2D eigenvalue weighted by molar-refractivity contribution is 0.265. The molecule has 1 aromatic heterocycles. The maximum Gasteiger partial charge on any atom is 0.117 e. The predicted molar refractivity (Wildman–Crippen MR) is 123 cm³/mol. The van der Waals surface area contributed by atoms with Crippen LogP contribution in [0.3, 0.4) is 0 Å². The molecule has 4 heteroatoms. The topological polar surface area (TPSA) is 38.0 Å². The lowest BCUT2D eigenvalue weighted by atomic mass is 10.0. The summed E-state index contributed by atoms with van der Waals surface area (Å²) in [6, 6.07) is 13.1. The van der Waals surface area contributed by atoms with Crippen LogP contribution < -0.4 is 0 Å². The van der Waals surface area contributed by atoms with Crippen molar-refractivity contribution in [1.82, 2.24) is 9.55 Å². The van der Waals surface area contributed by atoms with Crippen LogP contribution in [0.5, 0.6) is 5.75 Å². The van der Waals surface area contributed by atoms with Gasteiger partial charge in [-0.2, -0.15) is 0 Å². The minimum Gasteiger partial charge on any atom is -0.508 e. The molecule has 1 N–H and O–H groups in total. The highest BCUT2D eigenvalue weighted by molar-refractivity contribution is 5.80. The van der Waals surface area contributed by atoms with E-state index >= 15 is 0 Å². The zero-order valence-electron chi connectivity index (χ0n) is 18.4. The second-order valence-electron chi connectivity index (χ2n) is 7.10. The van der Waals surface area contributed by atoms with Gasteiger partial charge >= 0.3 is 0 Å². The van der Waals surface area contributed by atoms with Gasteiger partial charge in [0.15, 0.2) is 0 Å². The van der Waals surface area contributed by atoms with Crippen LogP contribution in [0.4, 0.5) is 4.39 Å². The summed E-state index contributed by atoms with van der Waals surface area (Å²) in [5, 5.41) is 9.52. The highest BCUT2D eigenvalue weighted by Crippen LogP contribution is 2.22. The van der Waals surface area contributed by atoms with E-state index in [0.29, 0.717) is 5.92 Å². The summed E-state index contributed by atoms with van der Waals surface area (Å²) in [6.07, 6.45) is 5.42. The SMILES string of the molecule is C=Cc1ccc2c(c1)ncn2-c1cccc(O)c1.CC.CCCC(F)CC(C)C. The highest BCUT2D eigenvalue weighted by atomic mass is 19.1. The van der Waals surface area contributed by atoms with E-state index < -0.39 is 6.17 Å². The molecule has 158 valence electrons. The lowest BCUT2D eigenvalue weighted by Gasteiger charge is -2.07. The Kier molecular flexibility index (Phi) is 10.7. The van der Waals surface area contributed by atoms with Crippen molar-refractivity contribution in [3.8, 4) is 11.4 Å². The third-order valence-electron chi connectivity index (χ3n) is 4.24. The molecule has 0 amide bonds. The molecule has 0 radical (unpaired) electrons. The zero-order valence-corrected chi connectivity index (χ0v) is 18.4. The number of imidazole rings is 1. The second kappa shape index (κ2) is 12.8. The molecule has 0 fully saturated rings. The van der Waals surface area contributed by atoms with Crippen molar-refractivity contribution >= 4 is 17.1 Å². The number of rotatable bonds is 6. The van der Waals surface area contributed by atoms with Crippen molar-refractivity contribution in [2.75, 3.05) is 0 Å². The quantitative estimate of drug-likeness (QED) is 0.465. The molecular formula is C25H35FN2O. The van der Waals surface area contributed by atoms with E-state index in [1.807, 2.05) is 55.7 Å². The number of halogens is 1. The largest absolute Gasteiger partial charge is 0.508 e. The summed E-state index contributed by atoms with van der Waals surface area (Å²) < 4.78 is 14.6. The Morgan fingerprint density at radius 3 is 2.48 bits per heavy atom. The normalized spacial score (nSPS) is 11.3. The fourth-order valence-electron chi connectivity index (χ4n) is 2.95. The molecule has 0 bridgehead atoms. The predicted octanol–water partition coefficient (Wildman–Crippen LogP) is 7.57. The van der Waals surface area contributed by atoms with Crippen molar-refractivity contribution < 1.29 is 9.50 Å². The Hall–Kier alpha value is -2.62. The molecular weight excluding hydrogens is 363 g/mol. The molecule has 0 aliphatic heterocycles. The van der Waals surface area contributed by atoms with Crippen LogP contribution in [0.2, 0.25) is 0 Å². The number of fused-ring (bicyclic) bond motifs is 1. The maximum absolute atomic E-state index is 12.7. The van der Waals surface area contributed by atoms with Crippen LogP contribution in [0.1, 0.15) is 59.4 Å². The first-order valence-electron chi connectivity index (χ1n) is 10.5. The van der Waals surface area contributed by atoms with Crippen LogP contribution in [-0.4, -0.2) is 20.8 Å². The Bertz CT molecular complexity index is 870. The fourth-order valence-corrected chi connectivity index (χ4v) is 2.95. The zero-order chi connectivity index (χ0) is 21.8. The Morgan fingerprint density at radius 1 is 1.17 bits per heavy atom. The Labute approximate surface area is 174 Å². The van der Waals surface area contributed by atoms with E-state index in [9.17, 15) is 9.50 Å². The third kappa shape index (κ3) is 7.72. The summed E-state index contributed by atoms with van der Waals surface area (Å²) in [7, 11) is 0. The van der Waals surface area contributed by atoms with Crippen LogP contribution in [0.15, 0.2) is 55.4 Å². The van der Waals surface area contributed by atoms with Gasteiger partial charge in [0.05, 0.1) is 16.7 Å². The molecule has 0 aliphatic rings. The lowest BCUT2D eigenvalue weighted by Crippen LogP contribution is -2.03. The van der Waals surface area contributed by atoms with Gasteiger partial charge in [-0.1, -0.05) is 65.8 Å². The standard InChI is InChI=1S/C15H12N2O.C8H17F.C2H6/c1-2-11-6-7-15-14(8-11)16-10-17(15)12-4-3-5-13(18)9-12;1-4-5-8(9)6-7(2)3;1-2/h2-10,18H,1H2;7-8H,4-6H2,1-3H3;1-2H3. The molecule has 29 heavy (non-hydrogen) atoms. The van der Waals surface area contributed by atoms with E-state index in [4.69, 9.17) is 0 Å². The number of benzene rings is 2. The van der Waals surface area contributed by atoms with Crippen molar-refractivity contribution in [2.45, 2.75) is 60.1 Å². The number of aromatic hydroxyl groups is 1. The van der Waals surface area contributed by atoms with Crippen molar-refractivity contribution in [1.29, 1.82) is 0 Å². The molecule has 3 rings (SSSR count). The Morgan fingerprint density at radius 2 is 1.90 bits per heavy atom. The van der Waals surface area contributed by atoms with Crippen molar-refractivity contribution in [3.05, 3.63) is 60.9 Å². The summed E-state index contributed by atoms with van der Waals surface area (Å²) in [6.45, 7) is 13.9. The average molecular weight is 399 g/mol. The highest BCUT2D eigenvalue weighted by Gasteiger charge is 2.06. The number of nitrogens with zero attached hydrogens (tertiary/aromatic N) is 2. The van der Waals surface area contributed by atoms with Gasteiger partial charge in [-0.05, 0) is 48.6 Å². The first-order chi connectivity index (χ1) is 13.9. The van der Waals surface area contributed by atoms with Gasteiger partial charge in [-0.15, -0.1) is 0 Å². The first-order valence-corrected chi connectivity index (χ1v) is 10.5. The minimum atomic E-state index is -0.560. The molecule has 2 aromatic carbocycles. The number of aromatic nitrogens is 2. The van der Waals surface area contributed by atoms with Gasteiger partial charge in [-0.3, -0.25) is 4.57 Å². The molecule has 1 heterocycles. The van der Waals surface area contributed by atoms with Crippen LogP contribution >= 0.6 is 0 Å². The van der Waals surface area contributed by atoms with E-state index in [1.165, 1.54) is 0 Å². The molecule has 0 saturated heterocycles. The average Bonchev–Trinajstić information content (AvgIpc) is 3.13. The molecule has 3 nitrogen and oxygen atoms in total. The summed E-state index contributed by atoms with van der Waals surface area (Å²) >= 11 is 0. The molecule has 1 atom stereocenters. The van der Waals surface area contributed by atoms with Gasteiger partial charge in [0.1, 0.15) is 18.2 Å². The third-order valence-corrected chi connectivity index (χ3v) is 4.24. The van der Waals surface area contributed by atoms with Gasteiger partial charge in [0.2, 0.25) is 0 Å². The summed E-state index contributed by atoms with van der Waals surface area (Å²) in [5.41, 5.74) is 3.86. The number of alkyl halides is 1. The number of phenols is 1. The smallest absolute Gasteiger partial charge is 0.117 e. The number of hydrogen-bond donors (Lipinski definition) is 1. The fraction of sp³-hybridized carbons (Fsp3) is 0.400. The van der Waals surface area contributed by atoms with E-state index in [1.54, 1.807) is 24.5 Å². The molecule has 0 aliphatic carbocycles. The monoisotopic (exact) mass is 398 g/mol. The van der Waals surface area contributed by atoms with Crippen LogP contribution in [0.25, 0.3) is 22.8 Å². The summed E-state index contributed by atoms with van der Waals surface area (Å²) in [4.78, 5) is 4.37. The molecule has 0 spiro atoms. The van der Waals surface area contributed by atoms with Crippen LogP contribution in [0, 0.1) is 5.92 Å². The number of hydrogen-bond acceptors (Lipinski definition) is 2. The van der Waals surface area contributed by atoms with Gasteiger partial charge < -0.3 is 5.11 Å². The van der Waals surface area contributed by atoms with E-state index in [2.05, 4.69) is 25.4 Å². The maximum atomic E-state index is 12.7. The van der Waals surface area contributed by atoms with Crippen LogP contribution in [-0.2, 0) is 0 Å². The van der Waals surface area contributed by atoms with E-state index in [0.717, 1.165) is 41.5 Å². The molecule has 3 aromatic rings. The summed E-state index contributed by atoms with van der Waals surface area (Å²) in [5.74, 6) is 0.753. The Balaban J connectivity index is 0.000000327.